The monoisotopic (exact) mass is 293 g/mol. The Bertz CT molecular complexity index is 659. The topological polar surface area (TPSA) is 22.1 Å². The largest absolute Gasteiger partial charge is 0.495 e. The van der Waals surface area contributed by atoms with Gasteiger partial charge in [-0.15, -0.1) is 0 Å². The van der Waals surface area contributed by atoms with E-state index in [2.05, 4.69) is 9.72 Å². The lowest BCUT2D eigenvalue weighted by molar-refractivity contribution is 0.380. The highest BCUT2D eigenvalue weighted by atomic mass is 19.2. The van der Waals surface area contributed by atoms with E-state index in [0.717, 1.165) is 19.4 Å². The van der Waals surface area contributed by atoms with Crippen molar-refractivity contribution in [2.24, 2.45) is 0 Å². The number of nitrogens with zero attached hydrogens (tertiary/aromatic N) is 1. The number of hydrogen-bond acceptors (Lipinski definition) is 2. The highest BCUT2D eigenvalue weighted by molar-refractivity contribution is 5.66. The minimum atomic E-state index is -2.32. The summed E-state index contributed by atoms with van der Waals surface area (Å²) >= 11 is 0. The molecule has 106 valence electrons. The van der Waals surface area contributed by atoms with Crippen LogP contribution in [0.3, 0.4) is 0 Å². The van der Waals surface area contributed by atoms with Crippen molar-refractivity contribution in [2.75, 3.05) is 7.11 Å². The Morgan fingerprint density at radius 2 is 1.35 bits per heavy atom. The van der Waals surface area contributed by atoms with Crippen molar-refractivity contribution in [1.29, 1.82) is 0 Å². The number of benzene rings is 1. The summed E-state index contributed by atoms with van der Waals surface area (Å²) < 4.78 is 84.3. The number of halogens is 6. The first kappa shape index (κ1) is 14.2. The molecule has 0 saturated carbocycles. The molecule has 1 heterocycles. The van der Waals surface area contributed by atoms with E-state index >= 15 is 0 Å². The normalized spacial score (nSPS) is 10.8. The Morgan fingerprint density at radius 1 is 0.850 bits per heavy atom. The van der Waals surface area contributed by atoms with Gasteiger partial charge in [0.2, 0.25) is 11.8 Å². The molecule has 2 aromatic rings. The van der Waals surface area contributed by atoms with Gasteiger partial charge in [-0.25, -0.2) is 26.9 Å². The lowest BCUT2D eigenvalue weighted by Gasteiger charge is -2.10. The van der Waals surface area contributed by atoms with Gasteiger partial charge < -0.3 is 4.74 Å². The smallest absolute Gasteiger partial charge is 0.221 e. The molecule has 2 rings (SSSR count). The van der Waals surface area contributed by atoms with Crippen molar-refractivity contribution in [3.8, 4) is 16.9 Å². The lowest BCUT2D eigenvalue weighted by Crippen LogP contribution is -2.05. The molecule has 0 unspecified atom stereocenters. The SMILES string of the molecule is COc1cnc(F)c(-c2c(F)c(F)c(F)c(F)c2F)c1. The number of ether oxygens (including phenoxy) is 1. The second-order valence-corrected chi connectivity index (χ2v) is 3.66. The van der Waals surface area contributed by atoms with Gasteiger partial charge in [0.25, 0.3) is 0 Å². The van der Waals surface area contributed by atoms with Crippen molar-refractivity contribution in [3.63, 3.8) is 0 Å². The zero-order chi connectivity index (χ0) is 15.0. The summed E-state index contributed by atoms with van der Waals surface area (Å²) in [5.74, 6) is -12.4. The predicted molar refractivity (Wildman–Crippen MR) is 56.0 cm³/mol. The van der Waals surface area contributed by atoms with Crippen LogP contribution in [0.1, 0.15) is 0 Å². The fourth-order valence-corrected chi connectivity index (χ4v) is 1.56. The van der Waals surface area contributed by atoms with E-state index in [4.69, 9.17) is 0 Å². The summed E-state index contributed by atoms with van der Waals surface area (Å²) in [6, 6.07) is 0.778. The molecule has 1 aromatic carbocycles. The molecule has 0 spiro atoms. The summed E-state index contributed by atoms with van der Waals surface area (Å²) in [7, 11) is 1.16. The third kappa shape index (κ3) is 2.06. The van der Waals surface area contributed by atoms with E-state index in [1.165, 1.54) is 0 Å². The van der Waals surface area contributed by atoms with Gasteiger partial charge in [0.05, 0.1) is 18.9 Å². The Labute approximate surface area is 108 Å². The molecular weight excluding hydrogens is 288 g/mol. The number of aromatic nitrogens is 1. The molecule has 8 heteroatoms. The summed E-state index contributed by atoms with van der Waals surface area (Å²) in [5, 5.41) is 0. The van der Waals surface area contributed by atoms with Gasteiger partial charge in [-0.05, 0) is 6.07 Å². The Kier molecular flexibility index (Phi) is 3.56. The number of methoxy groups -OCH3 is 1. The zero-order valence-corrected chi connectivity index (χ0v) is 9.78. The fraction of sp³-hybridized carbons (Fsp3) is 0.0833. The van der Waals surface area contributed by atoms with Gasteiger partial charge in [0.15, 0.2) is 23.3 Å². The van der Waals surface area contributed by atoms with Crippen molar-refractivity contribution >= 4 is 0 Å². The van der Waals surface area contributed by atoms with Gasteiger partial charge >= 0.3 is 0 Å². The van der Waals surface area contributed by atoms with Crippen LogP contribution in [-0.2, 0) is 0 Å². The summed E-state index contributed by atoms with van der Waals surface area (Å²) in [5.41, 5.74) is -2.29. The molecule has 0 N–H and O–H groups in total. The number of pyridine rings is 1. The van der Waals surface area contributed by atoms with Crippen molar-refractivity contribution in [1.82, 2.24) is 4.98 Å². The van der Waals surface area contributed by atoms with Gasteiger partial charge in [-0.1, -0.05) is 0 Å². The van der Waals surface area contributed by atoms with E-state index in [1.54, 1.807) is 0 Å². The second kappa shape index (κ2) is 5.03. The van der Waals surface area contributed by atoms with Crippen LogP contribution >= 0.6 is 0 Å². The highest BCUT2D eigenvalue weighted by Crippen LogP contribution is 2.33. The van der Waals surface area contributed by atoms with Gasteiger partial charge in [-0.2, -0.15) is 4.39 Å². The standard InChI is InChI=1S/C12H5F6NO/c1-20-4-2-5(12(18)19-3-4)6-7(13)9(15)11(17)10(16)8(6)14/h2-3H,1H3. The molecule has 0 bridgehead atoms. The quantitative estimate of drug-likeness (QED) is 0.365. The highest BCUT2D eigenvalue weighted by Gasteiger charge is 2.28. The molecule has 1 aromatic heterocycles. The van der Waals surface area contributed by atoms with Crippen molar-refractivity contribution < 1.29 is 31.1 Å². The first-order valence-electron chi connectivity index (χ1n) is 5.09. The minimum absolute atomic E-state index is 0.106. The number of rotatable bonds is 2. The molecule has 2 nitrogen and oxygen atoms in total. The molecule has 0 atom stereocenters. The lowest BCUT2D eigenvalue weighted by atomic mass is 10.0. The molecule has 0 saturated heterocycles. The van der Waals surface area contributed by atoms with Crippen LogP contribution < -0.4 is 4.74 Å². The maximum atomic E-state index is 13.5. The maximum absolute atomic E-state index is 13.5. The molecule has 20 heavy (non-hydrogen) atoms. The van der Waals surface area contributed by atoms with Crippen LogP contribution in [0.2, 0.25) is 0 Å². The van der Waals surface area contributed by atoms with Gasteiger partial charge in [-0.3, -0.25) is 0 Å². The van der Waals surface area contributed by atoms with Crippen LogP contribution in [0.5, 0.6) is 5.75 Å². The van der Waals surface area contributed by atoms with E-state index in [1.807, 2.05) is 0 Å². The summed E-state index contributed by atoms with van der Waals surface area (Å²) in [4.78, 5) is 3.13. The van der Waals surface area contributed by atoms with Crippen LogP contribution in [-0.4, -0.2) is 12.1 Å². The third-order valence-corrected chi connectivity index (χ3v) is 2.53. The first-order valence-corrected chi connectivity index (χ1v) is 5.09. The average Bonchev–Trinajstić information content (AvgIpc) is 2.45. The molecule has 0 aliphatic carbocycles. The molecule has 0 aliphatic rings. The summed E-state index contributed by atoms with van der Waals surface area (Å²) in [6.45, 7) is 0. The Balaban J connectivity index is 2.83. The van der Waals surface area contributed by atoms with E-state index in [0.29, 0.717) is 0 Å². The zero-order valence-electron chi connectivity index (χ0n) is 9.78. The minimum Gasteiger partial charge on any atom is -0.495 e. The van der Waals surface area contributed by atoms with Crippen LogP contribution in [0, 0.1) is 35.0 Å². The predicted octanol–water partition coefficient (Wildman–Crippen LogP) is 3.59. The third-order valence-electron chi connectivity index (χ3n) is 2.53. The number of hydrogen-bond donors (Lipinski definition) is 0. The molecule has 0 radical (unpaired) electrons. The molecule has 0 fully saturated rings. The second-order valence-electron chi connectivity index (χ2n) is 3.66. The average molecular weight is 293 g/mol. The van der Waals surface area contributed by atoms with Crippen LogP contribution in [0.4, 0.5) is 26.3 Å². The maximum Gasteiger partial charge on any atom is 0.221 e. The van der Waals surface area contributed by atoms with Crippen LogP contribution in [0.25, 0.3) is 11.1 Å². The first-order chi connectivity index (χ1) is 9.38. The van der Waals surface area contributed by atoms with Gasteiger partial charge in [0.1, 0.15) is 5.75 Å². The van der Waals surface area contributed by atoms with Crippen LogP contribution in [0.15, 0.2) is 12.3 Å². The van der Waals surface area contributed by atoms with Crippen molar-refractivity contribution in [3.05, 3.63) is 47.3 Å². The van der Waals surface area contributed by atoms with E-state index < -0.39 is 46.2 Å². The fourth-order valence-electron chi connectivity index (χ4n) is 1.56. The van der Waals surface area contributed by atoms with Gasteiger partial charge in [0, 0.05) is 5.56 Å². The van der Waals surface area contributed by atoms with Crippen molar-refractivity contribution in [2.45, 2.75) is 0 Å². The Morgan fingerprint density at radius 3 is 1.85 bits per heavy atom. The summed E-state index contributed by atoms with van der Waals surface area (Å²) in [6.07, 6.45) is 0.894. The Hall–Kier alpha value is -2.25. The van der Waals surface area contributed by atoms with E-state index in [9.17, 15) is 26.3 Å². The molecule has 0 aliphatic heterocycles. The molecular formula is C12H5F6NO. The van der Waals surface area contributed by atoms with E-state index in [-0.39, 0.29) is 5.75 Å². The molecule has 0 amide bonds.